The van der Waals surface area contributed by atoms with E-state index in [9.17, 15) is 0 Å². The maximum Gasteiger partial charge on any atom is 0.131 e. The van der Waals surface area contributed by atoms with Crippen molar-refractivity contribution in [2.24, 2.45) is 15.1 Å². The molecular weight excluding hydrogens is 338 g/mol. The zero-order chi connectivity index (χ0) is 18.9. The Morgan fingerprint density at radius 3 is 2.74 bits per heavy atom. The summed E-state index contributed by atoms with van der Waals surface area (Å²) in [6.45, 7) is 3.82. The Morgan fingerprint density at radius 1 is 1.11 bits per heavy atom. The smallest absolute Gasteiger partial charge is 0.131 e. The van der Waals surface area contributed by atoms with Gasteiger partial charge >= 0.3 is 0 Å². The third-order valence-electron chi connectivity index (χ3n) is 4.17. The van der Waals surface area contributed by atoms with E-state index in [1.54, 1.807) is 7.11 Å². The van der Waals surface area contributed by atoms with E-state index in [-0.39, 0.29) is 0 Å². The molecule has 0 atom stereocenters. The molecule has 1 aliphatic rings. The fraction of sp³-hybridized carbons (Fsp3) is 0.286. The lowest BCUT2D eigenvalue weighted by Crippen LogP contribution is -2.25. The number of aliphatic imine (C=N–C) groups is 2. The first kappa shape index (κ1) is 18.6. The standard InChI is InChI=1S/C21H25N5O/c1-17-4-3-5-19(14-17)26-16-22-12-13-23-21(10-11-25-26)24-15-18-6-8-20(27-2)9-7-18/h3-9,11-12,14H,10,13,15-16H2,1-2H3,(H,23,24)/b22-12-,25-11-. The second-order valence-corrected chi connectivity index (χ2v) is 6.24. The van der Waals surface area contributed by atoms with E-state index in [1.165, 1.54) is 11.1 Å². The molecule has 0 fully saturated rings. The van der Waals surface area contributed by atoms with Gasteiger partial charge in [0.25, 0.3) is 0 Å². The summed E-state index contributed by atoms with van der Waals surface area (Å²) in [7, 11) is 1.67. The van der Waals surface area contributed by atoms with Crippen LogP contribution in [-0.2, 0) is 6.54 Å². The highest BCUT2D eigenvalue weighted by Crippen LogP contribution is 2.16. The number of nitrogens with one attached hydrogen (secondary N) is 1. The number of rotatable bonds is 4. The SMILES string of the molecule is COc1ccc(CNC2=NC/C=N\CN(c3cccc(C)c3)/N=C\C2)cc1. The van der Waals surface area contributed by atoms with Crippen molar-refractivity contribution in [3.8, 4) is 5.75 Å². The van der Waals surface area contributed by atoms with Crippen molar-refractivity contribution in [3.05, 3.63) is 59.7 Å². The lowest BCUT2D eigenvalue weighted by atomic mass is 10.2. The summed E-state index contributed by atoms with van der Waals surface area (Å²) in [5, 5.41) is 9.87. The molecule has 6 nitrogen and oxygen atoms in total. The predicted molar refractivity (Wildman–Crippen MR) is 112 cm³/mol. The van der Waals surface area contributed by atoms with Crippen molar-refractivity contribution >= 4 is 24.0 Å². The average Bonchev–Trinajstić information content (AvgIpc) is 2.70. The maximum atomic E-state index is 5.19. The van der Waals surface area contributed by atoms with Crippen LogP contribution < -0.4 is 15.1 Å². The first-order chi connectivity index (χ1) is 13.2. The molecule has 0 radical (unpaired) electrons. The molecule has 0 bridgehead atoms. The topological polar surface area (TPSA) is 61.6 Å². The van der Waals surface area contributed by atoms with Crippen LogP contribution in [-0.4, -0.2) is 38.6 Å². The molecule has 0 amide bonds. The van der Waals surface area contributed by atoms with Gasteiger partial charge in [0.1, 0.15) is 18.3 Å². The largest absolute Gasteiger partial charge is 0.497 e. The molecule has 0 aliphatic carbocycles. The van der Waals surface area contributed by atoms with Crippen LogP contribution in [0.3, 0.4) is 0 Å². The van der Waals surface area contributed by atoms with Crippen LogP contribution >= 0.6 is 0 Å². The van der Waals surface area contributed by atoms with E-state index in [1.807, 2.05) is 53.8 Å². The first-order valence-electron chi connectivity index (χ1n) is 8.99. The zero-order valence-electron chi connectivity index (χ0n) is 15.8. The second-order valence-electron chi connectivity index (χ2n) is 6.24. The van der Waals surface area contributed by atoms with Crippen LogP contribution in [0.5, 0.6) is 5.75 Å². The first-order valence-corrected chi connectivity index (χ1v) is 8.99. The quantitative estimate of drug-likeness (QED) is 0.905. The molecule has 2 aromatic rings. The average molecular weight is 363 g/mol. The number of nitrogens with zero attached hydrogens (tertiary/aromatic N) is 4. The summed E-state index contributed by atoms with van der Waals surface area (Å²) in [5.74, 6) is 1.75. The van der Waals surface area contributed by atoms with Crippen LogP contribution in [0, 0.1) is 6.92 Å². The number of aryl methyl sites for hydroxylation is 1. The van der Waals surface area contributed by atoms with Crippen LogP contribution in [0.25, 0.3) is 0 Å². The number of amidine groups is 1. The van der Waals surface area contributed by atoms with E-state index in [0.29, 0.717) is 26.2 Å². The van der Waals surface area contributed by atoms with Gasteiger partial charge in [-0.2, -0.15) is 5.10 Å². The molecule has 140 valence electrons. The van der Waals surface area contributed by atoms with Gasteiger partial charge in [0.2, 0.25) is 0 Å². The number of hydrazone groups is 1. The molecule has 3 rings (SSSR count). The third kappa shape index (κ3) is 5.67. The van der Waals surface area contributed by atoms with Crippen molar-refractivity contribution in [3.63, 3.8) is 0 Å². The van der Waals surface area contributed by atoms with Crippen molar-refractivity contribution in [2.75, 3.05) is 25.3 Å². The van der Waals surface area contributed by atoms with Gasteiger partial charge in [0.15, 0.2) is 0 Å². The molecule has 2 aromatic carbocycles. The molecule has 0 unspecified atom stereocenters. The number of hydrogen-bond donors (Lipinski definition) is 1. The van der Waals surface area contributed by atoms with Gasteiger partial charge in [0, 0.05) is 25.4 Å². The molecule has 0 aromatic heterocycles. The van der Waals surface area contributed by atoms with Crippen molar-refractivity contribution in [1.29, 1.82) is 0 Å². The van der Waals surface area contributed by atoms with Crippen LogP contribution in [0.2, 0.25) is 0 Å². The highest BCUT2D eigenvalue weighted by molar-refractivity contribution is 5.94. The number of hydrogen-bond acceptors (Lipinski definition) is 6. The fourth-order valence-electron chi connectivity index (χ4n) is 2.68. The zero-order valence-corrected chi connectivity index (χ0v) is 15.8. The molecule has 27 heavy (non-hydrogen) atoms. The van der Waals surface area contributed by atoms with E-state index in [4.69, 9.17) is 4.74 Å². The summed E-state index contributed by atoms with van der Waals surface area (Å²) < 4.78 is 5.19. The second kappa shape index (κ2) is 9.52. The highest BCUT2D eigenvalue weighted by Gasteiger charge is 2.05. The minimum absolute atomic E-state index is 0.490. The molecule has 1 N–H and O–H groups in total. The Labute approximate surface area is 160 Å². The number of methoxy groups -OCH3 is 1. The van der Waals surface area contributed by atoms with Crippen molar-refractivity contribution in [1.82, 2.24) is 5.32 Å². The molecule has 0 saturated carbocycles. The van der Waals surface area contributed by atoms with Gasteiger partial charge in [-0.1, -0.05) is 24.3 Å². The molecule has 0 spiro atoms. The molecule has 1 aliphatic heterocycles. The Hall–Kier alpha value is -3.15. The number of anilines is 1. The monoisotopic (exact) mass is 363 g/mol. The number of benzene rings is 2. The Bertz CT molecular complexity index is 827. The van der Waals surface area contributed by atoms with E-state index in [2.05, 4.69) is 39.5 Å². The van der Waals surface area contributed by atoms with Gasteiger partial charge < -0.3 is 10.1 Å². The van der Waals surface area contributed by atoms with Crippen LogP contribution in [0.15, 0.2) is 63.6 Å². The van der Waals surface area contributed by atoms with Gasteiger partial charge in [-0.25, -0.2) is 5.01 Å². The van der Waals surface area contributed by atoms with Crippen LogP contribution in [0.4, 0.5) is 5.69 Å². The van der Waals surface area contributed by atoms with Gasteiger partial charge in [0.05, 0.1) is 19.3 Å². The number of ether oxygens (including phenoxy) is 1. The molecule has 6 heteroatoms. The lowest BCUT2D eigenvalue weighted by molar-refractivity contribution is 0.414. The summed E-state index contributed by atoms with van der Waals surface area (Å²) in [6, 6.07) is 16.3. The summed E-state index contributed by atoms with van der Waals surface area (Å²) >= 11 is 0. The van der Waals surface area contributed by atoms with Gasteiger partial charge in [-0.3, -0.25) is 9.98 Å². The minimum atomic E-state index is 0.490. The summed E-state index contributed by atoms with van der Waals surface area (Å²) in [4.78, 5) is 9.00. The van der Waals surface area contributed by atoms with Crippen LogP contribution in [0.1, 0.15) is 17.5 Å². The van der Waals surface area contributed by atoms with E-state index < -0.39 is 0 Å². The van der Waals surface area contributed by atoms with Gasteiger partial charge in [-0.05, 0) is 42.3 Å². The minimum Gasteiger partial charge on any atom is -0.497 e. The predicted octanol–water partition coefficient (Wildman–Crippen LogP) is 3.42. The molecule has 0 saturated heterocycles. The van der Waals surface area contributed by atoms with Crippen molar-refractivity contribution < 1.29 is 4.74 Å². The molecular formula is C21H25N5O. The Balaban J connectivity index is 1.64. The normalized spacial score (nSPS) is 17.0. The molecule has 1 heterocycles. The van der Waals surface area contributed by atoms with E-state index >= 15 is 0 Å². The maximum absolute atomic E-state index is 5.19. The fourth-order valence-corrected chi connectivity index (χ4v) is 2.68. The summed E-state index contributed by atoms with van der Waals surface area (Å²) in [6.07, 6.45) is 4.36. The lowest BCUT2D eigenvalue weighted by Gasteiger charge is -2.18. The van der Waals surface area contributed by atoms with E-state index in [0.717, 1.165) is 17.3 Å². The van der Waals surface area contributed by atoms with Gasteiger partial charge in [-0.15, -0.1) is 0 Å². The third-order valence-corrected chi connectivity index (χ3v) is 4.17. The summed E-state index contributed by atoms with van der Waals surface area (Å²) in [5.41, 5.74) is 3.41. The Morgan fingerprint density at radius 2 is 1.96 bits per heavy atom. The van der Waals surface area contributed by atoms with Crippen molar-refractivity contribution in [2.45, 2.75) is 19.9 Å². The Kier molecular flexibility index (Phi) is 6.57. The highest BCUT2D eigenvalue weighted by atomic mass is 16.5.